The van der Waals surface area contributed by atoms with Crippen molar-refractivity contribution in [3.05, 3.63) is 65.2 Å². The molecule has 0 amide bonds. The number of aromatic nitrogens is 1. The number of nitrogens with zero attached hydrogens (tertiary/aromatic N) is 1. The van der Waals surface area contributed by atoms with Crippen LogP contribution in [0.2, 0.25) is 0 Å². The van der Waals surface area contributed by atoms with Crippen molar-refractivity contribution >= 4 is 0 Å². The van der Waals surface area contributed by atoms with Crippen molar-refractivity contribution in [2.75, 3.05) is 6.54 Å². The van der Waals surface area contributed by atoms with E-state index >= 15 is 0 Å². The molecule has 116 valence electrons. The second-order valence-electron chi connectivity index (χ2n) is 6.08. The zero-order chi connectivity index (χ0) is 15.6. The number of fused-ring (bicyclic) bond motifs is 1. The van der Waals surface area contributed by atoms with Crippen LogP contribution in [0.1, 0.15) is 42.5 Å². The average molecular weight is 300 g/mol. The van der Waals surface area contributed by atoms with Crippen molar-refractivity contribution in [3.8, 4) is 0 Å². The van der Waals surface area contributed by atoms with Crippen LogP contribution in [0.3, 0.4) is 0 Å². The van der Waals surface area contributed by atoms with Gasteiger partial charge < -0.3 is 10.4 Å². The van der Waals surface area contributed by atoms with Gasteiger partial charge in [-0.1, -0.05) is 24.3 Å². The topological polar surface area (TPSA) is 45.1 Å². The molecule has 0 bridgehead atoms. The zero-order valence-electron chi connectivity index (χ0n) is 12.7. The molecule has 1 aromatic carbocycles. The number of benzene rings is 1. The van der Waals surface area contributed by atoms with E-state index in [9.17, 15) is 9.50 Å². The standard InChI is InChI=1S/C18H21FN2O/c1-13(15-9-16(19)11-20-10-15)21-12-18(22)8-4-6-14-5-2-3-7-17(14)18/h2-3,5,7,9-11,13,21-22H,4,6,8,12H2,1H3/t13-,18+/m0/s1. The summed E-state index contributed by atoms with van der Waals surface area (Å²) in [7, 11) is 0. The largest absolute Gasteiger partial charge is 0.384 e. The average Bonchev–Trinajstić information content (AvgIpc) is 2.53. The summed E-state index contributed by atoms with van der Waals surface area (Å²) in [5.74, 6) is -0.340. The Morgan fingerprint density at radius 2 is 2.18 bits per heavy atom. The molecule has 22 heavy (non-hydrogen) atoms. The van der Waals surface area contributed by atoms with Crippen LogP contribution in [-0.4, -0.2) is 16.6 Å². The zero-order valence-corrected chi connectivity index (χ0v) is 12.7. The van der Waals surface area contributed by atoms with E-state index in [-0.39, 0.29) is 11.9 Å². The van der Waals surface area contributed by atoms with Crippen LogP contribution in [0.4, 0.5) is 4.39 Å². The van der Waals surface area contributed by atoms with Crippen LogP contribution in [0.25, 0.3) is 0 Å². The van der Waals surface area contributed by atoms with Crippen LogP contribution >= 0.6 is 0 Å². The molecule has 0 spiro atoms. The second-order valence-corrected chi connectivity index (χ2v) is 6.08. The number of aliphatic hydroxyl groups is 1. The molecule has 1 aromatic heterocycles. The van der Waals surface area contributed by atoms with Crippen LogP contribution in [0.15, 0.2) is 42.7 Å². The molecular weight excluding hydrogens is 279 g/mol. The first-order chi connectivity index (χ1) is 10.6. The van der Waals surface area contributed by atoms with Crippen molar-refractivity contribution in [1.82, 2.24) is 10.3 Å². The predicted octanol–water partition coefficient (Wildman–Crippen LogP) is 3.10. The Balaban J connectivity index is 1.74. The van der Waals surface area contributed by atoms with E-state index in [1.54, 1.807) is 6.20 Å². The summed E-state index contributed by atoms with van der Waals surface area (Å²) in [6, 6.07) is 9.48. The molecule has 0 saturated heterocycles. The van der Waals surface area contributed by atoms with Crippen molar-refractivity contribution in [2.24, 2.45) is 0 Å². The maximum atomic E-state index is 13.3. The highest BCUT2D eigenvalue weighted by Gasteiger charge is 2.34. The highest BCUT2D eigenvalue weighted by atomic mass is 19.1. The van der Waals surface area contributed by atoms with E-state index in [1.807, 2.05) is 25.1 Å². The maximum absolute atomic E-state index is 13.3. The van der Waals surface area contributed by atoms with E-state index in [0.717, 1.165) is 30.4 Å². The van der Waals surface area contributed by atoms with Gasteiger partial charge in [0.05, 0.1) is 6.20 Å². The fraction of sp³-hybridized carbons (Fsp3) is 0.389. The molecule has 1 heterocycles. The minimum Gasteiger partial charge on any atom is -0.384 e. The predicted molar refractivity (Wildman–Crippen MR) is 83.9 cm³/mol. The van der Waals surface area contributed by atoms with E-state index in [2.05, 4.69) is 16.4 Å². The van der Waals surface area contributed by atoms with Crippen molar-refractivity contribution in [1.29, 1.82) is 0 Å². The van der Waals surface area contributed by atoms with E-state index in [0.29, 0.717) is 6.54 Å². The molecule has 4 heteroatoms. The first kappa shape index (κ1) is 15.1. The number of rotatable bonds is 4. The normalized spacial score (nSPS) is 22.1. The SMILES string of the molecule is C[C@H](NC[C@]1(O)CCCc2ccccc21)c1cncc(F)c1. The fourth-order valence-electron chi connectivity index (χ4n) is 3.19. The molecule has 2 N–H and O–H groups in total. The summed E-state index contributed by atoms with van der Waals surface area (Å²) in [5.41, 5.74) is 2.16. The Kier molecular flexibility index (Phi) is 4.23. The highest BCUT2D eigenvalue weighted by Crippen LogP contribution is 2.35. The third kappa shape index (κ3) is 3.03. The number of hydrogen-bond acceptors (Lipinski definition) is 3. The quantitative estimate of drug-likeness (QED) is 0.912. The van der Waals surface area contributed by atoms with Gasteiger partial charge in [0.15, 0.2) is 0 Å². The summed E-state index contributed by atoms with van der Waals surface area (Å²) in [6.07, 6.45) is 5.58. The third-order valence-corrected chi connectivity index (χ3v) is 4.48. The number of pyridine rings is 1. The second kappa shape index (κ2) is 6.15. The van der Waals surface area contributed by atoms with Gasteiger partial charge in [-0.05, 0) is 48.9 Å². The Bertz CT molecular complexity index is 661. The lowest BCUT2D eigenvalue weighted by Crippen LogP contribution is -2.41. The molecule has 0 radical (unpaired) electrons. The fourth-order valence-corrected chi connectivity index (χ4v) is 3.19. The molecule has 3 nitrogen and oxygen atoms in total. The lowest BCUT2D eigenvalue weighted by molar-refractivity contribution is 0.0170. The van der Waals surface area contributed by atoms with Gasteiger partial charge in [0, 0.05) is 18.8 Å². The molecule has 0 aliphatic heterocycles. The first-order valence-electron chi connectivity index (χ1n) is 7.73. The molecule has 1 aliphatic rings. The van der Waals surface area contributed by atoms with Gasteiger partial charge in [-0.2, -0.15) is 0 Å². The third-order valence-electron chi connectivity index (χ3n) is 4.48. The monoisotopic (exact) mass is 300 g/mol. The van der Waals surface area contributed by atoms with Gasteiger partial charge in [0.2, 0.25) is 0 Å². The lowest BCUT2D eigenvalue weighted by atomic mass is 9.79. The number of nitrogens with one attached hydrogen (secondary N) is 1. The van der Waals surface area contributed by atoms with E-state index in [4.69, 9.17) is 0 Å². The van der Waals surface area contributed by atoms with Gasteiger partial charge in [-0.15, -0.1) is 0 Å². The van der Waals surface area contributed by atoms with Crippen LogP contribution in [-0.2, 0) is 12.0 Å². The molecule has 0 fully saturated rings. The van der Waals surface area contributed by atoms with Gasteiger partial charge in [-0.3, -0.25) is 4.98 Å². The molecule has 0 saturated carbocycles. The summed E-state index contributed by atoms with van der Waals surface area (Å²) < 4.78 is 13.3. The Morgan fingerprint density at radius 1 is 1.36 bits per heavy atom. The number of aryl methyl sites for hydroxylation is 1. The summed E-state index contributed by atoms with van der Waals surface area (Å²) >= 11 is 0. The highest BCUT2D eigenvalue weighted by molar-refractivity contribution is 5.35. The Morgan fingerprint density at radius 3 is 3.00 bits per heavy atom. The molecular formula is C18H21FN2O. The van der Waals surface area contributed by atoms with Crippen LogP contribution in [0.5, 0.6) is 0 Å². The Labute approximate surface area is 130 Å². The lowest BCUT2D eigenvalue weighted by Gasteiger charge is -2.35. The minimum absolute atomic E-state index is 0.0682. The smallest absolute Gasteiger partial charge is 0.141 e. The van der Waals surface area contributed by atoms with Gasteiger partial charge in [0.25, 0.3) is 0 Å². The maximum Gasteiger partial charge on any atom is 0.141 e. The minimum atomic E-state index is -0.857. The summed E-state index contributed by atoms with van der Waals surface area (Å²) in [6.45, 7) is 2.40. The van der Waals surface area contributed by atoms with Gasteiger partial charge in [-0.25, -0.2) is 4.39 Å². The van der Waals surface area contributed by atoms with Gasteiger partial charge >= 0.3 is 0 Å². The molecule has 3 rings (SSSR count). The Hall–Kier alpha value is -1.78. The molecule has 1 aliphatic carbocycles. The molecule has 0 unspecified atom stereocenters. The number of hydrogen-bond donors (Lipinski definition) is 2. The van der Waals surface area contributed by atoms with Gasteiger partial charge in [0.1, 0.15) is 11.4 Å². The van der Waals surface area contributed by atoms with E-state index in [1.165, 1.54) is 17.8 Å². The van der Waals surface area contributed by atoms with Crippen molar-refractivity contribution in [2.45, 2.75) is 37.8 Å². The summed E-state index contributed by atoms with van der Waals surface area (Å²) in [4.78, 5) is 3.88. The molecule has 2 aromatic rings. The van der Waals surface area contributed by atoms with Crippen LogP contribution < -0.4 is 5.32 Å². The van der Waals surface area contributed by atoms with Crippen molar-refractivity contribution in [3.63, 3.8) is 0 Å². The number of halogens is 1. The first-order valence-corrected chi connectivity index (χ1v) is 7.73. The molecule has 2 atom stereocenters. The summed E-state index contributed by atoms with van der Waals surface area (Å²) in [5, 5.41) is 14.3. The van der Waals surface area contributed by atoms with E-state index < -0.39 is 5.60 Å². The van der Waals surface area contributed by atoms with Crippen molar-refractivity contribution < 1.29 is 9.50 Å². The van der Waals surface area contributed by atoms with Crippen LogP contribution in [0, 0.1) is 5.82 Å².